The van der Waals surface area contributed by atoms with Crippen LogP contribution in [0.15, 0.2) is 49.3 Å². The summed E-state index contributed by atoms with van der Waals surface area (Å²) >= 11 is 0. The average molecular weight is 508 g/mol. The number of methoxy groups -OCH3 is 1. The molecule has 0 amide bonds. The van der Waals surface area contributed by atoms with Crippen molar-refractivity contribution in [1.82, 2.24) is 24.3 Å². The Labute approximate surface area is 217 Å². The zero-order chi connectivity index (χ0) is 26.2. The molecule has 1 N–H and O–H groups in total. The molecule has 2 bridgehead atoms. The zero-order valence-corrected chi connectivity index (χ0v) is 21.8. The number of rotatable bonds is 8. The summed E-state index contributed by atoms with van der Waals surface area (Å²) in [5.74, 6) is 1.22. The third kappa shape index (κ3) is 4.83. The van der Waals surface area contributed by atoms with Gasteiger partial charge in [-0.1, -0.05) is 6.42 Å². The molecule has 0 saturated carbocycles. The Hall–Kier alpha value is -3.02. The van der Waals surface area contributed by atoms with Crippen LogP contribution in [0.5, 0.6) is 5.75 Å². The number of aromatic nitrogens is 4. The predicted molar refractivity (Wildman–Crippen MR) is 141 cm³/mol. The second-order valence-electron chi connectivity index (χ2n) is 10.3. The number of benzene rings is 1. The fourth-order valence-electron chi connectivity index (χ4n) is 6.13. The Kier molecular flexibility index (Phi) is 7.20. The van der Waals surface area contributed by atoms with Crippen LogP contribution in [0.2, 0.25) is 6.82 Å². The third-order valence-electron chi connectivity index (χ3n) is 7.86. The summed E-state index contributed by atoms with van der Waals surface area (Å²) in [5.41, 5.74) is 2.06. The van der Waals surface area contributed by atoms with Crippen LogP contribution in [0, 0.1) is 0 Å². The molecule has 2 aliphatic rings. The second-order valence-corrected chi connectivity index (χ2v) is 10.3. The van der Waals surface area contributed by atoms with E-state index in [0.717, 1.165) is 30.5 Å². The molecule has 2 aromatic heterocycles. The number of nitrogens with zero attached hydrogens (tertiary/aromatic N) is 6. The van der Waals surface area contributed by atoms with Crippen LogP contribution in [0.1, 0.15) is 32.6 Å². The monoisotopic (exact) mass is 508 g/mol. The molecule has 5 rings (SSSR count). The molecule has 1 aromatic carbocycles. The highest BCUT2D eigenvalue weighted by Crippen LogP contribution is 2.45. The summed E-state index contributed by atoms with van der Waals surface area (Å²) in [6, 6.07) is 5.14. The summed E-state index contributed by atoms with van der Waals surface area (Å²) in [6.45, 7) is 3.98. The standard InChI is InChI=1S/C26H34BFN6O3/c1-26-9-5-6-21(34(26)27(2)35)25(28)22(13-26)32(3)24-15-30-20(14-31-24)19-8-7-18(33-11-10-29-16-33)12-23(19)37-17-36-4/h7-8,10-12,14-16,21-22,25,35H,5-6,9,13,17H2,1-4H3/t21?,22-,25+,26-/m0/s1. The lowest BCUT2D eigenvalue weighted by molar-refractivity contribution is -0.0319. The van der Waals surface area contributed by atoms with Crippen molar-refractivity contribution in [1.29, 1.82) is 0 Å². The Morgan fingerprint density at radius 1 is 1.30 bits per heavy atom. The van der Waals surface area contributed by atoms with Crippen molar-refractivity contribution in [2.45, 2.75) is 63.2 Å². The van der Waals surface area contributed by atoms with Crippen LogP contribution in [0.3, 0.4) is 0 Å². The van der Waals surface area contributed by atoms with Crippen LogP contribution in [-0.4, -0.2) is 81.1 Å². The molecule has 196 valence electrons. The van der Waals surface area contributed by atoms with Crippen molar-refractivity contribution in [2.24, 2.45) is 0 Å². The zero-order valence-electron chi connectivity index (χ0n) is 21.8. The van der Waals surface area contributed by atoms with Gasteiger partial charge in [0.1, 0.15) is 17.7 Å². The molecule has 0 spiro atoms. The van der Waals surface area contributed by atoms with E-state index >= 15 is 4.39 Å². The molecule has 1 unspecified atom stereocenters. The highest BCUT2D eigenvalue weighted by molar-refractivity contribution is 6.45. The van der Waals surface area contributed by atoms with E-state index < -0.39 is 13.2 Å². The Morgan fingerprint density at radius 3 is 2.81 bits per heavy atom. The van der Waals surface area contributed by atoms with E-state index in [2.05, 4.69) is 21.9 Å². The molecule has 4 heterocycles. The molecule has 11 heteroatoms. The van der Waals surface area contributed by atoms with E-state index in [0.29, 0.717) is 23.7 Å². The van der Waals surface area contributed by atoms with Crippen LogP contribution >= 0.6 is 0 Å². The third-order valence-corrected chi connectivity index (χ3v) is 7.86. The maximum Gasteiger partial charge on any atom is 0.377 e. The number of ether oxygens (including phenoxy) is 2. The molecule has 3 aromatic rings. The van der Waals surface area contributed by atoms with E-state index in [9.17, 15) is 5.02 Å². The molecule has 2 saturated heterocycles. The highest BCUT2D eigenvalue weighted by Gasteiger charge is 2.54. The molecule has 4 atom stereocenters. The van der Waals surface area contributed by atoms with Crippen LogP contribution < -0.4 is 9.64 Å². The highest BCUT2D eigenvalue weighted by atomic mass is 19.1. The lowest BCUT2D eigenvalue weighted by Gasteiger charge is -2.59. The maximum atomic E-state index is 15.8. The lowest BCUT2D eigenvalue weighted by atomic mass is 9.64. The van der Waals surface area contributed by atoms with Gasteiger partial charge in [0.05, 0.1) is 36.1 Å². The lowest BCUT2D eigenvalue weighted by Crippen LogP contribution is -2.71. The first-order chi connectivity index (χ1) is 17.8. The summed E-state index contributed by atoms with van der Waals surface area (Å²) < 4.78 is 28.7. The average Bonchev–Trinajstić information content (AvgIpc) is 3.44. The van der Waals surface area contributed by atoms with Crippen molar-refractivity contribution in [3.63, 3.8) is 0 Å². The minimum atomic E-state index is -1.10. The minimum Gasteiger partial charge on any atom is -0.467 e. The van der Waals surface area contributed by atoms with Crippen molar-refractivity contribution in [2.75, 3.05) is 25.9 Å². The van der Waals surface area contributed by atoms with Crippen LogP contribution in [0.25, 0.3) is 16.9 Å². The molecule has 0 radical (unpaired) electrons. The molecule has 0 aliphatic carbocycles. The van der Waals surface area contributed by atoms with Gasteiger partial charge in [-0.25, -0.2) is 14.4 Å². The van der Waals surface area contributed by atoms with Gasteiger partial charge < -0.3 is 28.8 Å². The summed E-state index contributed by atoms with van der Waals surface area (Å²) in [5, 5.41) is 10.4. The van der Waals surface area contributed by atoms with Crippen molar-refractivity contribution < 1.29 is 18.9 Å². The van der Waals surface area contributed by atoms with Gasteiger partial charge in [0, 0.05) is 49.8 Å². The van der Waals surface area contributed by atoms with Gasteiger partial charge in [0.15, 0.2) is 6.79 Å². The van der Waals surface area contributed by atoms with Gasteiger partial charge in [-0.15, -0.1) is 0 Å². The number of alkyl halides is 1. The van der Waals surface area contributed by atoms with Gasteiger partial charge >= 0.3 is 7.05 Å². The molecule has 9 nitrogen and oxygen atoms in total. The molecular weight excluding hydrogens is 474 g/mol. The molecule has 2 aliphatic heterocycles. The SMILES string of the molecule is COCOc1cc(-n2ccnc2)ccc1-c1cnc(N(C)[C@H]2C[C@]3(C)CCCC([C@H]2F)N3B(C)O)cn1. The topological polar surface area (TPSA) is 88.8 Å². The van der Waals surface area contributed by atoms with Gasteiger partial charge in [-0.2, -0.15) is 0 Å². The smallest absolute Gasteiger partial charge is 0.377 e. The molecule has 37 heavy (non-hydrogen) atoms. The fraction of sp³-hybridized carbons (Fsp3) is 0.500. The number of imidazole rings is 1. The first kappa shape index (κ1) is 25.6. The normalized spacial score (nSPS) is 25.6. The number of piperidine rings is 2. The van der Waals surface area contributed by atoms with Crippen LogP contribution in [-0.2, 0) is 4.74 Å². The Balaban J connectivity index is 1.39. The van der Waals surface area contributed by atoms with Crippen molar-refractivity contribution in [3.05, 3.63) is 49.3 Å². The first-order valence-corrected chi connectivity index (χ1v) is 12.7. The van der Waals surface area contributed by atoms with E-state index in [1.54, 1.807) is 38.9 Å². The van der Waals surface area contributed by atoms with E-state index in [1.807, 2.05) is 45.7 Å². The number of fused-ring (bicyclic) bond motifs is 2. The van der Waals surface area contributed by atoms with Crippen LogP contribution in [0.4, 0.5) is 10.2 Å². The number of hydrogen-bond donors (Lipinski definition) is 1. The first-order valence-electron chi connectivity index (χ1n) is 12.7. The van der Waals surface area contributed by atoms with Crippen molar-refractivity contribution >= 4 is 12.9 Å². The van der Waals surface area contributed by atoms with Gasteiger partial charge in [0.2, 0.25) is 0 Å². The Bertz CT molecular complexity index is 1200. The van der Waals surface area contributed by atoms with E-state index in [-0.39, 0.29) is 24.4 Å². The van der Waals surface area contributed by atoms with Gasteiger partial charge in [0.25, 0.3) is 0 Å². The minimum absolute atomic E-state index is 0.0949. The van der Waals surface area contributed by atoms with Gasteiger partial charge in [-0.05, 0) is 45.1 Å². The largest absolute Gasteiger partial charge is 0.467 e. The predicted octanol–water partition coefficient (Wildman–Crippen LogP) is 3.58. The van der Waals surface area contributed by atoms with Crippen molar-refractivity contribution in [3.8, 4) is 22.7 Å². The number of anilines is 1. The van der Waals surface area contributed by atoms with E-state index in [1.165, 1.54) is 0 Å². The number of halogens is 1. The molecule has 2 fully saturated rings. The van der Waals surface area contributed by atoms with E-state index in [4.69, 9.17) is 9.47 Å². The quantitative estimate of drug-likeness (QED) is 0.365. The summed E-state index contributed by atoms with van der Waals surface area (Å²) in [7, 11) is 2.78. The Morgan fingerprint density at radius 2 is 2.14 bits per heavy atom. The van der Waals surface area contributed by atoms with Gasteiger partial charge in [-0.3, -0.25) is 4.98 Å². The number of hydrogen-bond acceptors (Lipinski definition) is 8. The summed E-state index contributed by atoms with van der Waals surface area (Å²) in [4.78, 5) is 17.3. The molecular formula is C26H34BFN6O3. The maximum absolute atomic E-state index is 15.8. The fourth-order valence-corrected chi connectivity index (χ4v) is 6.13. The summed E-state index contributed by atoms with van der Waals surface area (Å²) in [6.07, 6.45) is 10.8. The second kappa shape index (κ2) is 10.4.